The molecule has 0 aliphatic carbocycles. The number of carbonyl (C=O) groups is 1. The lowest BCUT2D eigenvalue weighted by Crippen LogP contribution is -2.31. The zero-order valence-electron chi connectivity index (χ0n) is 15.2. The minimum atomic E-state index is -0.843. The molecular formula is C20H14N2O7. The maximum Gasteiger partial charge on any atom is 0.312 e. The van der Waals surface area contributed by atoms with Crippen molar-refractivity contribution in [3.63, 3.8) is 0 Å². The molecule has 9 heteroatoms. The van der Waals surface area contributed by atoms with Crippen molar-refractivity contribution in [2.45, 2.75) is 12.3 Å². The van der Waals surface area contributed by atoms with Gasteiger partial charge in [-0.2, -0.15) is 0 Å². The number of esters is 1. The van der Waals surface area contributed by atoms with Crippen molar-refractivity contribution >= 4 is 22.6 Å². The van der Waals surface area contributed by atoms with Crippen LogP contribution < -0.4 is 19.8 Å². The molecule has 0 radical (unpaired) electrons. The van der Waals surface area contributed by atoms with Crippen LogP contribution in [-0.2, 0) is 11.8 Å². The molecule has 0 saturated carbocycles. The smallest absolute Gasteiger partial charge is 0.312 e. The number of rotatable bonds is 2. The molecule has 0 fully saturated rings. The molecular weight excluding hydrogens is 380 g/mol. The Morgan fingerprint density at radius 2 is 1.86 bits per heavy atom. The van der Waals surface area contributed by atoms with E-state index in [9.17, 15) is 19.7 Å². The summed E-state index contributed by atoms with van der Waals surface area (Å²) in [6.45, 7) is -0.0500. The number of hydrogen-bond donors (Lipinski definition) is 0. The van der Waals surface area contributed by atoms with E-state index in [0.29, 0.717) is 16.7 Å². The number of hydrogen-bond acceptors (Lipinski definition) is 7. The van der Waals surface area contributed by atoms with Crippen molar-refractivity contribution in [1.82, 2.24) is 4.57 Å². The Bertz CT molecular complexity index is 1280. The molecule has 146 valence electrons. The highest BCUT2D eigenvalue weighted by Gasteiger charge is 2.38. The van der Waals surface area contributed by atoms with E-state index in [2.05, 4.69) is 0 Å². The molecule has 2 aliphatic rings. The first-order valence-corrected chi connectivity index (χ1v) is 8.86. The largest absolute Gasteiger partial charge is 0.454 e. The second-order valence-corrected chi connectivity index (χ2v) is 6.88. The predicted octanol–water partition coefficient (Wildman–Crippen LogP) is 2.62. The van der Waals surface area contributed by atoms with Gasteiger partial charge in [0.05, 0.1) is 28.5 Å². The van der Waals surface area contributed by atoms with Crippen molar-refractivity contribution in [3.05, 3.63) is 68.0 Å². The SMILES string of the molecule is Cn1c(=O)c2c(c3ccccc31)OC(=O)CC2c1cc2c(cc1[N+](=O)[O-])OCO2. The Balaban J connectivity index is 1.84. The van der Waals surface area contributed by atoms with Crippen LogP contribution in [0.2, 0.25) is 0 Å². The van der Waals surface area contributed by atoms with Gasteiger partial charge in [0.1, 0.15) is 5.75 Å². The van der Waals surface area contributed by atoms with Gasteiger partial charge in [-0.25, -0.2) is 0 Å². The van der Waals surface area contributed by atoms with Crippen LogP contribution >= 0.6 is 0 Å². The third-order valence-corrected chi connectivity index (χ3v) is 5.32. The third kappa shape index (κ3) is 2.47. The molecule has 0 amide bonds. The molecule has 0 saturated heterocycles. The number of nitrogens with zero attached hydrogens (tertiary/aromatic N) is 2. The average Bonchev–Trinajstić information content (AvgIpc) is 3.18. The number of nitro benzene ring substituents is 1. The zero-order valence-corrected chi connectivity index (χ0v) is 15.2. The van der Waals surface area contributed by atoms with Gasteiger partial charge >= 0.3 is 5.97 Å². The van der Waals surface area contributed by atoms with E-state index in [4.69, 9.17) is 14.2 Å². The van der Waals surface area contributed by atoms with Crippen LogP contribution in [0, 0.1) is 10.1 Å². The molecule has 0 N–H and O–H groups in total. The summed E-state index contributed by atoms with van der Waals surface area (Å²) in [5.41, 5.74) is 0.417. The molecule has 9 nitrogen and oxygen atoms in total. The highest BCUT2D eigenvalue weighted by atomic mass is 16.7. The number of nitro groups is 1. The molecule has 3 heterocycles. The number of para-hydroxylation sites is 1. The third-order valence-electron chi connectivity index (χ3n) is 5.32. The zero-order chi connectivity index (χ0) is 20.3. The molecule has 1 unspecified atom stereocenters. The molecule has 5 rings (SSSR count). The van der Waals surface area contributed by atoms with Crippen LogP contribution in [0.15, 0.2) is 41.2 Å². The van der Waals surface area contributed by atoms with Gasteiger partial charge in [0.25, 0.3) is 11.2 Å². The first-order valence-electron chi connectivity index (χ1n) is 8.86. The summed E-state index contributed by atoms with van der Waals surface area (Å²) in [7, 11) is 1.62. The molecule has 1 aromatic heterocycles. The van der Waals surface area contributed by atoms with E-state index in [1.807, 2.05) is 0 Å². The molecule has 1 atom stereocenters. The first-order chi connectivity index (χ1) is 14.0. The molecule has 2 aliphatic heterocycles. The summed E-state index contributed by atoms with van der Waals surface area (Å²) in [6, 6.07) is 9.78. The quantitative estimate of drug-likeness (QED) is 0.373. The van der Waals surface area contributed by atoms with Crippen LogP contribution in [-0.4, -0.2) is 22.3 Å². The van der Waals surface area contributed by atoms with E-state index >= 15 is 0 Å². The fourth-order valence-electron chi connectivity index (χ4n) is 3.98. The molecule has 29 heavy (non-hydrogen) atoms. The first kappa shape index (κ1) is 17.2. The van der Waals surface area contributed by atoms with Gasteiger partial charge in [0, 0.05) is 23.9 Å². The van der Waals surface area contributed by atoms with Crippen LogP contribution in [0.5, 0.6) is 17.2 Å². The van der Waals surface area contributed by atoms with Gasteiger partial charge in [-0.3, -0.25) is 19.7 Å². The minimum Gasteiger partial charge on any atom is -0.454 e. The normalized spacial score (nSPS) is 17.1. The van der Waals surface area contributed by atoms with E-state index < -0.39 is 16.8 Å². The topological polar surface area (TPSA) is 110 Å². The van der Waals surface area contributed by atoms with Gasteiger partial charge in [0.2, 0.25) is 6.79 Å². The number of carbonyl (C=O) groups excluding carboxylic acids is 1. The fourth-order valence-corrected chi connectivity index (χ4v) is 3.98. The lowest BCUT2D eigenvalue weighted by atomic mass is 9.85. The summed E-state index contributed by atoms with van der Waals surface area (Å²) in [5, 5.41) is 12.3. The number of fused-ring (bicyclic) bond motifs is 4. The van der Waals surface area contributed by atoms with Gasteiger partial charge in [-0.15, -0.1) is 0 Å². The summed E-state index contributed by atoms with van der Waals surface area (Å²) >= 11 is 0. The highest BCUT2D eigenvalue weighted by Crippen LogP contribution is 2.47. The Labute approximate surface area is 163 Å². The van der Waals surface area contributed by atoms with E-state index in [-0.39, 0.29) is 47.1 Å². The summed E-state index contributed by atoms with van der Waals surface area (Å²) in [5.74, 6) is -0.664. The van der Waals surface area contributed by atoms with Crippen molar-refractivity contribution < 1.29 is 23.9 Å². The second kappa shape index (κ2) is 6.06. The van der Waals surface area contributed by atoms with Crippen LogP contribution in [0.4, 0.5) is 5.69 Å². The second-order valence-electron chi connectivity index (χ2n) is 6.88. The molecule has 0 spiro atoms. The Hall–Kier alpha value is -3.88. The molecule has 0 bridgehead atoms. The van der Waals surface area contributed by atoms with Crippen LogP contribution in [0.3, 0.4) is 0 Å². The summed E-state index contributed by atoms with van der Waals surface area (Å²) < 4.78 is 17.5. The highest BCUT2D eigenvalue weighted by molar-refractivity contribution is 5.92. The van der Waals surface area contributed by atoms with E-state index in [1.165, 1.54) is 16.7 Å². The number of aryl methyl sites for hydroxylation is 1. The maximum absolute atomic E-state index is 13.2. The summed E-state index contributed by atoms with van der Waals surface area (Å²) in [6.07, 6.45) is -0.193. The standard InChI is InChI=1S/C20H14N2O7/c1-21-13-5-3-2-4-10(13)19-18(20(21)24)12(7-17(23)29-19)11-6-15-16(28-9-27-15)8-14(11)22(25)26/h2-6,8,12H,7,9H2,1H3. The predicted molar refractivity (Wildman–Crippen MR) is 101 cm³/mol. The van der Waals surface area contributed by atoms with Crippen LogP contribution in [0.25, 0.3) is 10.9 Å². The number of aromatic nitrogens is 1. The van der Waals surface area contributed by atoms with Gasteiger partial charge in [0.15, 0.2) is 11.5 Å². The number of pyridine rings is 1. The van der Waals surface area contributed by atoms with Gasteiger partial charge < -0.3 is 18.8 Å². The molecule has 3 aromatic rings. The Morgan fingerprint density at radius 3 is 2.62 bits per heavy atom. The van der Waals surface area contributed by atoms with Crippen molar-refractivity contribution in [2.75, 3.05) is 6.79 Å². The van der Waals surface area contributed by atoms with Crippen LogP contribution in [0.1, 0.15) is 23.5 Å². The fraction of sp³-hybridized carbons (Fsp3) is 0.200. The maximum atomic E-state index is 13.2. The van der Waals surface area contributed by atoms with Crippen molar-refractivity contribution in [1.29, 1.82) is 0 Å². The molecule has 2 aromatic carbocycles. The van der Waals surface area contributed by atoms with Gasteiger partial charge in [-0.1, -0.05) is 12.1 Å². The monoisotopic (exact) mass is 394 g/mol. The van der Waals surface area contributed by atoms with E-state index in [0.717, 1.165) is 0 Å². The number of benzene rings is 2. The van der Waals surface area contributed by atoms with Crippen molar-refractivity contribution in [2.24, 2.45) is 7.05 Å². The average molecular weight is 394 g/mol. The minimum absolute atomic E-state index is 0.0500. The lowest BCUT2D eigenvalue weighted by Gasteiger charge is -2.26. The summed E-state index contributed by atoms with van der Waals surface area (Å²) in [4.78, 5) is 36.8. The van der Waals surface area contributed by atoms with Gasteiger partial charge in [-0.05, 0) is 18.2 Å². The van der Waals surface area contributed by atoms with E-state index in [1.54, 1.807) is 31.3 Å². The Kier molecular flexibility index (Phi) is 3.60. The number of ether oxygens (including phenoxy) is 3. The lowest BCUT2D eigenvalue weighted by molar-refractivity contribution is -0.385. The van der Waals surface area contributed by atoms with Crippen molar-refractivity contribution in [3.8, 4) is 17.2 Å². The Morgan fingerprint density at radius 1 is 1.14 bits per heavy atom.